The average molecular weight is 246 g/mol. The van der Waals surface area contributed by atoms with Crippen molar-refractivity contribution in [3.63, 3.8) is 0 Å². The highest BCUT2D eigenvalue weighted by molar-refractivity contribution is 5.76. The number of piperazine rings is 1. The lowest BCUT2D eigenvalue weighted by atomic mass is 9.98. The number of aryl methyl sites for hydroxylation is 2. The molecule has 98 valence electrons. The molecule has 1 N–H and O–H groups in total. The summed E-state index contributed by atoms with van der Waals surface area (Å²) in [5, 5.41) is 3.27. The predicted octanol–water partition coefficient (Wildman–Crippen LogP) is 1.67. The maximum absolute atomic E-state index is 12.1. The Kier molecular flexibility index (Phi) is 4.37. The Labute approximate surface area is 109 Å². The van der Waals surface area contributed by atoms with Crippen molar-refractivity contribution < 1.29 is 4.79 Å². The maximum atomic E-state index is 12.1. The lowest BCUT2D eigenvalue weighted by Gasteiger charge is -2.27. The van der Waals surface area contributed by atoms with E-state index in [2.05, 4.69) is 37.4 Å². The number of carbonyl (C=O) groups is 1. The Morgan fingerprint density at radius 1 is 1.22 bits per heavy atom. The molecule has 0 spiro atoms. The molecule has 1 aromatic carbocycles. The van der Waals surface area contributed by atoms with E-state index >= 15 is 0 Å². The van der Waals surface area contributed by atoms with Crippen molar-refractivity contribution in [1.82, 2.24) is 10.2 Å². The molecule has 1 heterocycles. The van der Waals surface area contributed by atoms with Gasteiger partial charge in [0.1, 0.15) is 0 Å². The third kappa shape index (κ3) is 3.10. The fourth-order valence-electron chi connectivity index (χ4n) is 2.55. The van der Waals surface area contributed by atoms with Gasteiger partial charge in [0.2, 0.25) is 5.91 Å². The van der Waals surface area contributed by atoms with Crippen LogP contribution in [0.3, 0.4) is 0 Å². The van der Waals surface area contributed by atoms with Crippen molar-refractivity contribution in [1.29, 1.82) is 0 Å². The Balaban J connectivity index is 1.92. The number of amides is 1. The quantitative estimate of drug-likeness (QED) is 0.880. The van der Waals surface area contributed by atoms with Crippen molar-refractivity contribution >= 4 is 5.91 Å². The highest BCUT2D eigenvalue weighted by Gasteiger charge is 2.16. The summed E-state index contributed by atoms with van der Waals surface area (Å²) >= 11 is 0. The van der Waals surface area contributed by atoms with E-state index in [1.54, 1.807) is 0 Å². The summed E-state index contributed by atoms with van der Waals surface area (Å²) in [7, 11) is 0. The fraction of sp³-hybridized carbons (Fsp3) is 0.533. The van der Waals surface area contributed by atoms with Gasteiger partial charge in [-0.05, 0) is 37.0 Å². The van der Waals surface area contributed by atoms with Gasteiger partial charge in [0, 0.05) is 32.6 Å². The number of carbonyl (C=O) groups excluding carboxylic acids is 1. The van der Waals surface area contributed by atoms with E-state index in [9.17, 15) is 4.79 Å². The summed E-state index contributed by atoms with van der Waals surface area (Å²) in [4.78, 5) is 14.1. The molecular formula is C15H22N2O. The van der Waals surface area contributed by atoms with Gasteiger partial charge in [-0.2, -0.15) is 0 Å². The first-order valence-corrected chi connectivity index (χ1v) is 6.72. The first-order valence-electron chi connectivity index (χ1n) is 6.72. The van der Waals surface area contributed by atoms with E-state index in [4.69, 9.17) is 0 Å². The van der Waals surface area contributed by atoms with Crippen molar-refractivity contribution in [2.45, 2.75) is 26.7 Å². The van der Waals surface area contributed by atoms with E-state index in [-0.39, 0.29) is 0 Å². The predicted molar refractivity (Wildman–Crippen MR) is 73.7 cm³/mol. The van der Waals surface area contributed by atoms with Crippen LogP contribution in [0.2, 0.25) is 0 Å². The van der Waals surface area contributed by atoms with Gasteiger partial charge < -0.3 is 10.2 Å². The van der Waals surface area contributed by atoms with E-state index in [1.807, 2.05) is 4.90 Å². The Morgan fingerprint density at radius 2 is 1.83 bits per heavy atom. The second-order valence-corrected chi connectivity index (χ2v) is 5.00. The van der Waals surface area contributed by atoms with E-state index in [0.717, 1.165) is 32.6 Å². The molecule has 0 bridgehead atoms. The number of hydrogen-bond acceptors (Lipinski definition) is 2. The van der Waals surface area contributed by atoms with E-state index in [1.165, 1.54) is 16.7 Å². The Hall–Kier alpha value is -1.35. The average Bonchev–Trinajstić information content (AvgIpc) is 2.39. The number of nitrogens with zero attached hydrogens (tertiary/aromatic N) is 1. The van der Waals surface area contributed by atoms with Crippen LogP contribution in [0.15, 0.2) is 18.2 Å². The molecule has 1 aliphatic heterocycles. The van der Waals surface area contributed by atoms with Crippen LogP contribution in [0.25, 0.3) is 0 Å². The molecule has 1 amide bonds. The van der Waals surface area contributed by atoms with Gasteiger partial charge in [-0.3, -0.25) is 4.79 Å². The number of nitrogens with one attached hydrogen (secondary N) is 1. The number of benzene rings is 1. The molecule has 0 radical (unpaired) electrons. The van der Waals surface area contributed by atoms with Gasteiger partial charge in [-0.15, -0.1) is 0 Å². The molecule has 0 unspecified atom stereocenters. The molecule has 0 saturated carbocycles. The second kappa shape index (κ2) is 6.01. The van der Waals surface area contributed by atoms with Crippen molar-refractivity contribution in [2.24, 2.45) is 0 Å². The smallest absolute Gasteiger partial charge is 0.222 e. The Morgan fingerprint density at radius 3 is 2.44 bits per heavy atom. The van der Waals surface area contributed by atoms with Crippen LogP contribution < -0.4 is 5.32 Å². The van der Waals surface area contributed by atoms with Gasteiger partial charge in [0.05, 0.1) is 0 Å². The zero-order valence-electron chi connectivity index (χ0n) is 11.3. The molecule has 1 saturated heterocycles. The molecule has 3 nitrogen and oxygen atoms in total. The van der Waals surface area contributed by atoms with Gasteiger partial charge in [0.15, 0.2) is 0 Å². The minimum absolute atomic E-state index is 0.291. The van der Waals surface area contributed by atoms with Crippen molar-refractivity contribution in [3.05, 3.63) is 34.9 Å². The maximum Gasteiger partial charge on any atom is 0.222 e. The summed E-state index contributed by atoms with van der Waals surface area (Å²) < 4.78 is 0. The third-order valence-corrected chi connectivity index (χ3v) is 3.70. The topological polar surface area (TPSA) is 32.3 Å². The van der Waals surface area contributed by atoms with Crippen molar-refractivity contribution in [2.75, 3.05) is 26.2 Å². The molecular weight excluding hydrogens is 224 g/mol. The van der Waals surface area contributed by atoms with Crippen LogP contribution in [-0.2, 0) is 11.2 Å². The highest BCUT2D eigenvalue weighted by atomic mass is 16.2. The highest BCUT2D eigenvalue weighted by Crippen LogP contribution is 2.15. The van der Waals surface area contributed by atoms with Crippen LogP contribution >= 0.6 is 0 Å². The molecule has 18 heavy (non-hydrogen) atoms. The van der Waals surface area contributed by atoms with Gasteiger partial charge in [0.25, 0.3) is 0 Å². The minimum Gasteiger partial charge on any atom is -0.340 e. The third-order valence-electron chi connectivity index (χ3n) is 3.70. The summed E-state index contributed by atoms with van der Waals surface area (Å²) in [5.41, 5.74) is 3.92. The van der Waals surface area contributed by atoms with Gasteiger partial charge in [-0.1, -0.05) is 18.2 Å². The van der Waals surface area contributed by atoms with Crippen LogP contribution in [0.1, 0.15) is 23.1 Å². The first kappa shape index (κ1) is 13.1. The summed E-state index contributed by atoms with van der Waals surface area (Å²) in [5.74, 6) is 0.291. The molecule has 3 heteroatoms. The Bertz CT molecular complexity index is 402. The van der Waals surface area contributed by atoms with Crippen LogP contribution in [-0.4, -0.2) is 37.0 Å². The monoisotopic (exact) mass is 246 g/mol. The fourth-order valence-corrected chi connectivity index (χ4v) is 2.55. The molecule has 0 aliphatic carbocycles. The van der Waals surface area contributed by atoms with Gasteiger partial charge in [-0.25, -0.2) is 0 Å². The zero-order chi connectivity index (χ0) is 13.0. The SMILES string of the molecule is Cc1cccc(C)c1CCC(=O)N1CCNCC1. The largest absolute Gasteiger partial charge is 0.340 e. The first-order chi connectivity index (χ1) is 8.68. The minimum atomic E-state index is 0.291. The lowest BCUT2D eigenvalue weighted by molar-refractivity contribution is -0.131. The zero-order valence-corrected chi connectivity index (χ0v) is 11.3. The molecule has 1 aromatic rings. The molecule has 1 fully saturated rings. The number of hydrogen-bond donors (Lipinski definition) is 1. The second-order valence-electron chi connectivity index (χ2n) is 5.00. The van der Waals surface area contributed by atoms with Crippen LogP contribution in [0.5, 0.6) is 0 Å². The summed E-state index contributed by atoms with van der Waals surface area (Å²) in [6.07, 6.45) is 1.49. The van der Waals surface area contributed by atoms with Crippen molar-refractivity contribution in [3.8, 4) is 0 Å². The number of rotatable bonds is 3. The summed E-state index contributed by atoms with van der Waals surface area (Å²) in [6, 6.07) is 6.32. The standard InChI is InChI=1S/C15H22N2O/c1-12-4-3-5-13(2)14(12)6-7-15(18)17-10-8-16-9-11-17/h3-5,16H,6-11H2,1-2H3. The van der Waals surface area contributed by atoms with Crippen LogP contribution in [0, 0.1) is 13.8 Å². The molecule has 0 atom stereocenters. The van der Waals surface area contributed by atoms with E-state index < -0.39 is 0 Å². The molecule has 0 aromatic heterocycles. The van der Waals surface area contributed by atoms with Crippen LogP contribution in [0.4, 0.5) is 0 Å². The summed E-state index contributed by atoms with van der Waals surface area (Å²) in [6.45, 7) is 7.80. The van der Waals surface area contributed by atoms with E-state index in [0.29, 0.717) is 12.3 Å². The lowest BCUT2D eigenvalue weighted by Crippen LogP contribution is -2.46. The normalized spacial score (nSPS) is 15.8. The molecule has 2 rings (SSSR count). The van der Waals surface area contributed by atoms with Gasteiger partial charge >= 0.3 is 0 Å². The molecule has 1 aliphatic rings.